The molecule has 0 heterocycles. The molecule has 0 bridgehead atoms. The van der Waals surface area contributed by atoms with Gasteiger partial charge in [0, 0.05) is 12.8 Å². The molecule has 0 aliphatic rings. The van der Waals surface area contributed by atoms with Crippen LogP contribution in [0.5, 0.6) is 0 Å². The molecule has 0 aliphatic carbocycles. The van der Waals surface area contributed by atoms with Crippen molar-refractivity contribution in [3.63, 3.8) is 0 Å². The van der Waals surface area contributed by atoms with E-state index in [-0.39, 0.29) is 25.2 Å². The third-order valence-electron chi connectivity index (χ3n) is 6.11. The first-order valence-electron chi connectivity index (χ1n) is 15.2. The molecule has 0 aromatic rings. The van der Waals surface area contributed by atoms with E-state index in [1.165, 1.54) is 32.1 Å². The summed E-state index contributed by atoms with van der Waals surface area (Å²) in [6, 6.07) is 0. The van der Waals surface area contributed by atoms with Crippen LogP contribution in [-0.4, -0.2) is 36.4 Å². The molecular formula is C33H56O5. The number of hydrogen-bond acceptors (Lipinski definition) is 5. The van der Waals surface area contributed by atoms with Crippen molar-refractivity contribution in [2.75, 3.05) is 13.2 Å². The van der Waals surface area contributed by atoms with E-state index in [2.05, 4.69) is 62.5 Å². The fourth-order valence-corrected chi connectivity index (χ4v) is 3.78. The number of hydrogen-bond donors (Lipinski definition) is 1. The van der Waals surface area contributed by atoms with Crippen molar-refractivity contribution in [1.82, 2.24) is 0 Å². The van der Waals surface area contributed by atoms with Gasteiger partial charge in [-0.3, -0.25) is 9.59 Å². The lowest BCUT2D eigenvalue weighted by atomic mass is 10.1. The molecule has 0 aromatic carbocycles. The van der Waals surface area contributed by atoms with Crippen molar-refractivity contribution >= 4 is 11.9 Å². The molecule has 0 aromatic heterocycles. The van der Waals surface area contributed by atoms with Gasteiger partial charge < -0.3 is 14.6 Å². The lowest BCUT2D eigenvalue weighted by molar-refractivity contribution is -0.161. The number of carbonyl (C=O) groups excluding carboxylic acids is 2. The Bertz CT molecular complexity index is 662. The topological polar surface area (TPSA) is 72.8 Å². The van der Waals surface area contributed by atoms with Crippen LogP contribution < -0.4 is 0 Å². The second kappa shape index (κ2) is 29.4. The van der Waals surface area contributed by atoms with Crippen LogP contribution in [0.15, 0.2) is 48.6 Å². The highest BCUT2D eigenvalue weighted by Gasteiger charge is 2.16. The number of carbonyl (C=O) groups is 2. The summed E-state index contributed by atoms with van der Waals surface area (Å²) in [5.74, 6) is -0.645. The maximum atomic E-state index is 12.0. The van der Waals surface area contributed by atoms with Crippen LogP contribution in [-0.2, 0) is 19.1 Å². The van der Waals surface area contributed by atoms with Crippen LogP contribution in [0.1, 0.15) is 129 Å². The van der Waals surface area contributed by atoms with Gasteiger partial charge in [0.2, 0.25) is 0 Å². The van der Waals surface area contributed by atoms with E-state index in [0.717, 1.165) is 70.6 Å². The third kappa shape index (κ3) is 26.9. The summed E-state index contributed by atoms with van der Waals surface area (Å²) >= 11 is 0. The number of ether oxygens (including phenoxy) is 2. The maximum absolute atomic E-state index is 12.0. The molecule has 1 atom stereocenters. The van der Waals surface area contributed by atoms with Crippen LogP contribution in [0.3, 0.4) is 0 Å². The number of aliphatic hydroxyl groups excluding tert-OH is 1. The Kier molecular flexibility index (Phi) is 27.8. The Balaban J connectivity index is 3.70. The van der Waals surface area contributed by atoms with Gasteiger partial charge in [-0.1, -0.05) is 101 Å². The van der Waals surface area contributed by atoms with Crippen LogP contribution in [0, 0.1) is 0 Å². The molecule has 38 heavy (non-hydrogen) atoms. The first-order chi connectivity index (χ1) is 18.6. The lowest BCUT2D eigenvalue weighted by Gasteiger charge is -2.15. The first kappa shape index (κ1) is 35.9. The van der Waals surface area contributed by atoms with E-state index in [4.69, 9.17) is 9.47 Å². The van der Waals surface area contributed by atoms with Gasteiger partial charge in [0.05, 0.1) is 6.61 Å². The van der Waals surface area contributed by atoms with Crippen LogP contribution in [0.2, 0.25) is 0 Å². The monoisotopic (exact) mass is 532 g/mol. The highest BCUT2D eigenvalue weighted by atomic mass is 16.6. The molecule has 0 rings (SSSR count). The predicted octanol–water partition coefficient (Wildman–Crippen LogP) is 8.72. The third-order valence-corrected chi connectivity index (χ3v) is 6.11. The van der Waals surface area contributed by atoms with Crippen molar-refractivity contribution < 1.29 is 24.2 Å². The number of allylic oxidation sites excluding steroid dienone is 8. The summed E-state index contributed by atoms with van der Waals surface area (Å²) < 4.78 is 10.5. The summed E-state index contributed by atoms with van der Waals surface area (Å²) in [6.07, 6.45) is 34.5. The Morgan fingerprint density at radius 2 is 1.13 bits per heavy atom. The minimum atomic E-state index is -0.787. The smallest absolute Gasteiger partial charge is 0.306 e. The van der Waals surface area contributed by atoms with Gasteiger partial charge in [0.1, 0.15) is 6.61 Å². The van der Waals surface area contributed by atoms with Gasteiger partial charge in [-0.15, -0.1) is 0 Å². The molecule has 0 aliphatic heterocycles. The normalized spacial score (nSPS) is 12.8. The molecule has 0 radical (unpaired) electrons. The average molecular weight is 533 g/mol. The second-order valence-corrected chi connectivity index (χ2v) is 9.79. The molecule has 5 heteroatoms. The quantitative estimate of drug-likeness (QED) is 0.0685. The van der Waals surface area contributed by atoms with Crippen molar-refractivity contribution in [2.45, 2.75) is 136 Å². The Labute approximate surface area is 233 Å². The van der Waals surface area contributed by atoms with E-state index in [0.29, 0.717) is 12.8 Å². The average Bonchev–Trinajstić information content (AvgIpc) is 2.92. The largest absolute Gasteiger partial charge is 0.462 e. The van der Waals surface area contributed by atoms with Gasteiger partial charge in [-0.05, 0) is 64.2 Å². The Morgan fingerprint density at radius 3 is 1.76 bits per heavy atom. The summed E-state index contributed by atoms with van der Waals surface area (Å²) in [7, 11) is 0. The van der Waals surface area contributed by atoms with E-state index in [1.54, 1.807) is 0 Å². The highest BCUT2D eigenvalue weighted by Crippen LogP contribution is 2.10. The molecule has 0 saturated carbocycles. The summed E-state index contributed by atoms with van der Waals surface area (Å²) in [4.78, 5) is 24.0. The Morgan fingerprint density at radius 1 is 0.632 bits per heavy atom. The fourth-order valence-electron chi connectivity index (χ4n) is 3.78. The van der Waals surface area contributed by atoms with Gasteiger partial charge in [-0.2, -0.15) is 0 Å². The SMILES string of the molecule is CC/C=C\C/C=C\C/C=C\CCCCCC(=O)OC(CO)COC(=O)CCCCCCC/C=C\CCCC. The molecule has 0 saturated heterocycles. The van der Waals surface area contributed by atoms with Crippen LogP contribution >= 0.6 is 0 Å². The van der Waals surface area contributed by atoms with Gasteiger partial charge >= 0.3 is 11.9 Å². The summed E-state index contributed by atoms with van der Waals surface area (Å²) in [5.41, 5.74) is 0. The molecule has 5 nitrogen and oxygen atoms in total. The number of unbranched alkanes of at least 4 members (excludes halogenated alkanes) is 10. The molecular weight excluding hydrogens is 476 g/mol. The zero-order chi connectivity index (χ0) is 27.9. The van der Waals surface area contributed by atoms with E-state index in [9.17, 15) is 14.7 Å². The van der Waals surface area contributed by atoms with Crippen molar-refractivity contribution in [3.05, 3.63) is 48.6 Å². The molecule has 0 fully saturated rings. The van der Waals surface area contributed by atoms with Crippen molar-refractivity contribution in [1.29, 1.82) is 0 Å². The number of rotatable bonds is 26. The van der Waals surface area contributed by atoms with Gasteiger partial charge in [0.15, 0.2) is 6.10 Å². The fraction of sp³-hybridized carbons (Fsp3) is 0.697. The first-order valence-corrected chi connectivity index (χ1v) is 15.2. The molecule has 0 spiro atoms. The van der Waals surface area contributed by atoms with Crippen LogP contribution in [0.25, 0.3) is 0 Å². The zero-order valence-corrected chi connectivity index (χ0v) is 24.4. The van der Waals surface area contributed by atoms with Crippen molar-refractivity contribution in [2.24, 2.45) is 0 Å². The highest BCUT2D eigenvalue weighted by molar-refractivity contribution is 5.70. The molecule has 0 amide bonds. The summed E-state index contributed by atoms with van der Waals surface area (Å²) in [6.45, 7) is 3.91. The van der Waals surface area contributed by atoms with Gasteiger partial charge in [0.25, 0.3) is 0 Å². The number of aliphatic hydroxyl groups is 1. The van der Waals surface area contributed by atoms with Crippen LogP contribution in [0.4, 0.5) is 0 Å². The van der Waals surface area contributed by atoms with Gasteiger partial charge in [-0.25, -0.2) is 0 Å². The zero-order valence-electron chi connectivity index (χ0n) is 24.4. The molecule has 218 valence electrons. The molecule has 1 unspecified atom stereocenters. The van der Waals surface area contributed by atoms with E-state index in [1.807, 2.05) is 0 Å². The minimum Gasteiger partial charge on any atom is -0.462 e. The standard InChI is InChI=1S/C33H56O5/c1-3-5-7-9-11-13-15-16-18-20-22-24-26-28-33(36)38-31(29-34)30-37-32(35)27-25-23-21-19-17-14-12-10-8-6-4-2/h5,7,10-13,16,18,31,34H,3-4,6,8-9,14-15,17,19-30H2,1-2H3/b7-5-,12-10-,13-11-,18-16-. The maximum Gasteiger partial charge on any atom is 0.306 e. The minimum absolute atomic E-state index is 0.0838. The summed E-state index contributed by atoms with van der Waals surface area (Å²) in [5, 5.41) is 9.46. The van der Waals surface area contributed by atoms with E-state index < -0.39 is 6.10 Å². The van der Waals surface area contributed by atoms with Crippen molar-refractivity contribution in [3.8, 4) is 0 Å². The second-order valence-electron chi connectivity index (χ2n) is 9.79. The predicted molar refractivity (Wildman–Crippen MR) is 159 cm³/mol. The lowest BCUT2D eigenvalue weighted by Crippen LogP contribution is -2.28. The Hall–Kier alpha value is -2.14. The molecule has 1 N–H and O–H groups in total. The number of esters is 2. The van der Waals surface area contributed by atoms with E-state index >= 15 is 0 Å².